The Morgan fingerprint density at radius 2 is 2.00 bits per heavy atom. The van der Waals surface area contributed by atoms with Crippen molar-refractivity contribution in [3.8, 4) is 0 Å². The highest BCUT2D eigenvalue weighted by molar-refractivity contribution is 6.74. The molecule has 34 heavy (non-hydrogen) atoms. The lowest BCUT2D eigenvalue weighted by molar-refractivity contribution is -0.213. The van der Waals surface area contributed by atoms with Crippen molar-refractivity contribution >= 4 is 14.3 Å². The number of aliphatic hydroxyl groups is 1. The molecule has 1 unspecified atom stereocenters. The minimum Gasteiger partial charge on any atom is -0.469 e. The summed E-state index contributed by atoms with van der Waals surface area (Å²) in [5.41, 5.74) is -1.12. The first-order chi connectivity index (χ1) is 15.9. The Bertz CT molecular complexity index is 738. The monoisotopic (exact) mass is 494 g/mol. The van der Waals surface area contributed by atoms with Crippen molar-refractivity contribution in [2.45, 2.75) is 115 Å². The maximum Gasteiger partial charge on any atom is 0.308 e. The summed E-state index contributed by atoms with van der Waals surface area (Å²) in [6, 6.07) is 0. The molecule has 5 atom stereocenters. The summed E-state index contributed by atoms with van der Waals surface area (Å²) in [5, 5.41) is 11.1. The number of allylic oxidation sites excluding steroid dienone is 2. The average Bonchev–Trinajstić information content (AvgIpc) is 3.06. The predicted octanol–water partition coefficient (Wildman–Crippen LogP) is 6.03. The van der Waals surface area contributed by atoms with E-state index in [-0.39, 0.29) is 23.5 Å². The van der Waals surface area contributed by atoms with Crippen molar-refractivity contribution in [3.63, 3.8) is 0 Å². The Morgan fingerprint density at radius 3 is 2.59 bits per heavy atom. The van der Waals surface area contributed by atoms with Crippen LogP contribution in [0.5, 0.6) is 0 Å². The summed E-state index contributed by atoms with van der Waals surface area (Å²) in [6.45, 7) is 13.5. The highest BCUT2D eigenvalue weighted by Gasteiger charge is 2.53. The van der Waals surface area contributed by atoms with Gasteiger partial charge < -0.3 is 23.7 Å². The van der Waals surface area contributed by atoms with Crippen LogP contribution in [0.1, 0.15) is 72.6 Å². The van der Waals surface area contributed by atoms with Crippen LogP contribution in [-0.2, 0) is 23.4 Å². The van der Waals surface area contributed by atoms with Gasteiger partial charge in [0.05, 0.1) is 32.0 Å². The van der Waals surface area contributed by atoms with Gasteiger partial charge in [-0.1, -0.05) is 65.2 Å². The highest BCUT2D eigenvalue weighted by Crippen LogP contribution is 2.44. The van der Waals surface area contributed by atoms with E-state index in [0.717, 1.165) is 19.3 Å². The summed E-state index contributed by atoms with van der Waals surface area (Å²) in [5.74, 6) is -0.576. The summed E-state index contributed by atoms with van der Waals surface area (Å²) in [4.78, 5) is 12.4. The van der Waals surface area contributed by atoms with Crippen LogP contribution >= 0.6 is 0 Å². The van der Waals surface area contributed by atoms with E-state index >= 15 is 0 Å². The minimum absolute atomic E-state index is 0.00484. The van der Waals surface area contributed by atoms with Crippen molar-refractivity contribution < 1.29 is 28.5 Å². The zero-order chi connectivity index (χ0) is 25.4. The van der Waals surface area contributed by atoms with E-state index in [0.29, 0.717) is 12.8 Å². The van der Waals surface area contributed by atoms with Crippen LogP contribution in [0.4, 0.5) is 0 Å². The normalized spacial score (nSPS) is 28.3. The molecule has 0 saturated heterocycles. The van der Waals surface area contributed by atoms with Crippen molar-refractivity contribution in [3.05, 3.63) is 36.6 Å². The molecular weight excluding hydrogens is 448 g/mol. The van der Waals surface area contributed by atoms with E-state index in [4.69, 9.17) is 18.6 Å². The molecule has 2 aliphatic rings. The Kier molecular flexibility index (Phi) is 10.6. The molecule has 1 saturated carbocycles. The Morgan fingerprint density at radius 1 is 1.26 bits per heavy atom. The molecule has 1 fully saturated rings. The number of aliphatic hydroxyl groups excluding tert-OH is 1. The fraction of sp³-hybridized carbons (Fsp3) is 0.741. The SMILES string of the molecule is CCCCC[C@H](/C=C/C1CC[C@H](O)[C@]1(CC(=O)OC)O[C@@H]1C=CC=CO1)O[Si](C)(C)C(C)(C)C. The fourth-order valence-corrected chi connectivity index (χ4v) is 5.65. The Labute approximate surface area is 207 Å². The molecule has 0 aromatic rings. The lowest BCUT2D eigenvalue weighted by Crippen LogP contribution is -2.50. The van der Waals surface area contributed by atoms with Gasteiger partial charge in [0, 0.05) is 5.92 Å². The predicted molar refractivity (Wildman–Crippen MR) is 138 cm³/mol. The van der Waals surface area contributed by atoms with Crippen LogP contribution in [0.2, 0.25) is 18.1 Å². The van der Waals surface area contributed by atoms with Gasteiger partial charge in [-0.2, -0.15) is 0 Å². The first-order valence-electron chi connectivity index (χ1n) is 12.7. The molecule has 6 nitrogen and oxygen atoms in total. The molecule has 1 aliphatic heterocycles. The van der Waals surface area contributed by atoms with Gasteiger partial charge in [-0.05, 0) is 49.5 Å². The summed E-state index contributed by atoms with van der Waals surface area (Å²) < 4.78 is 23.6. The van der Waals surface area contributed by atoms with Gasteiger partial charge in [0.1, 0.15) is 5.60 Å². The number of esters is 1. The molecule has 194 valence electrons. The summed E-state index contributed by atoms with van der Waals surface area (Å²) >= 11 is 0. The number of ether oxygens (including phenoxy) is 3. The Hall–Kier alpha value is -1.41. The fourth-order valence-electron chi connectivity index (χ4n) is 4.34. The van der Waals surface area contributed by atoms with Gasteiger partial charge in [0.15, 0.2) is 8.32 Å². The second-order valence-corrected chi connectivity index (χ2v) is 15.8. The van der Waals surface area contributed by atoms with Gasteiger partial charge in [-0.3, -0.25) is 4.79 Å². The van der Waals surface area contributed by atoms with Gasteiger partial charge in [-0.25, -0.2) is 0 Å². The maximum atomic E-state index is 12.4. The number of carbonyl (C=O) groups excluding carboxylic acids is 1. The molecule has 0 aromatic carbocycles. The van der Waals surface area contributed by atoms with E-state index in [1.54, 1.807) is 18.4 Å². The number of rotatable bonds is 12. The van der Waals surface area contributed by atoms with E-state index in [1.807, 2.05) is 6.08 Å². The van der Waals surface area contributed by atoms with Crippen molar-refractivity contribution in [1.29, 1.82) is 0 Å². The van der Waals surface area contributed by atoms with Crippen molar-refractivity contribution in [1.82, 2.24) is 0 Å². The molecule has 0 amide bonds. The smallest absolute Gasteiger partial charge is 0.308 e. The third kappa shape index (κ3) is 7.54. The van der Waals surface area contributed by atoms with Crippen molar-refractivity contribution in [2.24, 2.45) is 5.92 Å². The summed E-state index contributed by atoms with van der Waals surface area (Å²) in [7, 11) is -0.604. The lowest BCUT2D eigenvalue weighted by Gasteiger charge is -2.40. The third-order valence-corrected chi connectivity index (χ3v) is 12.0. The first kappa shape index (κ1) is 28.8. The average molecular weight is 495 g/mol. The standard InChI is InChI=1S/C27H46O6Si/c1-8-9-10-13-22(33-34(6,7)26(2,3)4)17-15-21-16-18-23(28)27(21,20-24(29)30-5)32-25-14-11-12-19-31-25/h11-12,14-15,17,19,21-23,25,28H,8-10,13,16,18,20H2,1-7H3/b17-15+/t21?,22-,23+,25-,27-/m1/s1. The molecule has 0 radical (unpaired) electrons. The maximum absolute atomic E-state index is 12.4. The number of hydrogen-bond donors (Lipinski definition) is 1. The number of carbonyl (C=O) groups is 1. The largest absolute Gasteiger partial charge is 0.469 e. The zero-order valence-electron chi connectivity index (χ0n) is 22.2. The van der Waals surface area contributed by atoms with Gasteiger partial charge in [-0.15, -0.1) is 0 Å². The van der Waals surface area contributed by atoms with Gasteiger partial charge in [0.2, 0.25) is 6.29 Å². The van der Waals surface area contributed by atoms with Crippen LogP contribution in [0.3, 0.4) is 0 Å². The number of hydrogen-bond acceptors (Lipinski definition) is 6. The second-order valence-electron chi connectivity index (χ2n) is 11.0. The number of methoxy groups -OCH3 is 1. The second kappa shape index (κ2) is 12.5. The van der Waals surface area contributed by atoms with Gasteiger partial charge in [0.25, 0.3) is 0 Å². The highest BCUT2D eigenvalue weighted by atomic mass is 28.4. The van der Waals surface area contributed by atoms with Gasteiger partial charge >= 0.3 is 5.97 Å². The summed E-state index contributed by atoms with van der Waals surface area (Å²) in [6.07, 6.45) is 15.3. The molecule has 7 heteroatoms. The molecule has 2 rings (SSSR count). The minimum atomic E-state index is -1.96. The van der Waals surface area contributed by atoms with E-state index in [1.165, 1.54) is 13.5 Å². The van der Waals surface area contributed by atoms with E-state index in [2.05, 4.69) is 52.9 Å². The zero-order valence-corrected chi connectivity index (χ0v) is 23.2. The van der Waals surface area contributed by atoms with Crippen LogP contribution in [-0.4, -0.2) is 50.6 Å². The molecule has 1 N–H and O–H groups in total. The van der Waals surface area contributed by atoms with Crippen LogP contribution in [0.15, 0.2) is 36.6 Å². The van der Waals surface area contributed by atoms with Crippen LogP contribution in [0.25, 0.3) is 0 Å². The molecule has 0 bridgehead atoms. The molecule has 0 spiro atoms. The topological polar surface area (TPSA) is 74.2 Å². The third-order valence-electron chi connectivity index (χ3n) is 7.50. The van der Waals surface area contributed by atoms with Crippen LogP contribution in [0, 0.1) is 5.92 Å². The van der Waals surface area contributed by atoms with Crippen molar-refractivity contribution in [2.75, 3.05) is 7.11 Å². The molecule has 1 heterocycles. The van der Waals surface area contributed by atoms with Crippen LogP contribution < -0.4 is 0 Å². The quantitative estimate of drug-likeness (QED) is 0.155. The molecular formula is C27H46O6Si. The first-order valence-corrected chi connectivity index (χ1v) is 15.6. The van der Waals surface area contributed by atoms with E-state index < -0.39 is 32.3 Å². The van der Waals surface area contributed by atoms with E-state index in [9.17, 15) is 9.90 Å². The number of unbranched alkanes of at least 4 members (excludes halogenated alkanes) is 2. The Balaban J connectivity index is 2.30. The molecule has 1 aliphatic carbocycles. The lowest BCUT2D eigenvalue weighted by atomic mass is 9.85. The molecule has 0 aromatic heterocycles.